The third-order valence-corrected chi connectivity index (χ3v) is 4.34. The second-order valence-corrected chi connectivity index (χ2v) is 6.06. The van der Waals surface area contributed by atoms with Gasteiger partial charge in [0.25, 0.3) is 5.91 Å². The number of likely N-dealkylation sites (N-methyl/N-ethyl adjacent to an activating group) is 1. The summed E-state index contributed by atoms with van der Waals surface area (Å²) < 4.78 is 0. The molecule has 1 aromatic heterocycles. The first-order chi connectivity index (χ1) is 11.8. The van der Waals surface area contributed by atoms with E-state index in [1.807, 2.05) is 43.4 Å². The number of hydrogen-bond acceptors (Lipinski definition) is 4. The van der Waals surface area contributed by atoms with Crippen LogP contribution in [0, 0.1) is 0 Å². The molecule has 6 heteroatoms. The van der Waals surface area contributed by atoms with Gasteiger partial charge in [-0.1, -0.05) is 18.2 Å². The van der Waals surface area contributed by atoms with Crippen LogP contribution in [0.3, 0.4) is 0 Å². The fraction of sp³-hybridized carbons (Fsp3) is 0.368. The first-order valence-corrected chi connectivity index (χ1v) is 8.53. The number of hydrogen-bond donors (Lipinski definition) is 2. The highest BCUT2D eigenvalue weighted by Gasteiger charge is 2.14. The van der Waals surface area contributed by atoms with E-state index in [9.17, 15) is 4.79 Å². The van der Waals surface area contributed by atoms with Crippen LogP contribution in [0.15, 0.2) is 42.6 Å². The van der Waals surface area contributed by atoms with Gasteiger partial charge < -0.3 is 15.5 Å². The lowest BCUT2D eigenvalue weighted by molar-refractivity contribution is 0.102. The maximum absolute atomic E-state index is 12.6. The molecule has 0 bridgehead atoms. The molecule has 1 aliphatic heterocycles. The molecule has 1 saturated heterocycles. The van der Waals surface area contributed by atoms with Gasteiger partial charge in [-0.2, -0.15) is 0 Å². The summed E-state index contributed by atoms with van der Waals surface area (Å²) in [7, 11) is 1.91. The zero-order valence-corrected chi connectivity index (χ0v) is 15.3. The van der Waals surface area contributed by atoms with Crippen molar-refractivity contribution in [2.45, 2.75) is 19.3 Å². The first kappa shape index (κ1) is 19.2. The van der Waals surface area contributed by atoms with Crippen molar-refractivity contribution < 1.29 is 4.79 Å². The smallest absolute Gasteiger partial charge is 0.255 e. The van der Waals surface area contributed by atoms with Crippen molar-refractivity contribution in [3.8, 4) is 0 Å². The molecule has 2 N–H and O–H groups in total. The molecule has 0 unspecified atom stereocenters. The molecule has 0 atom stereocenters. The first-order valence-electron chi connectivity index (χ1n) is 8.53. The number of anilines is 2. The maximum Gasteiger partial charge on any atom is 0.255 e. The van der Waals surface area contributed by atoms with Crippen molar-refractivity contribution >= 4 is 29.8 Å². The summed E-state index contributed by atoms with van der Waals surface area (Å²) in [5, 5.41) is 6.07. The minimum absolute atomic E-state index is 0. The summed E-state index contributed by atoms with van der Waals surface area (Å²) in [5.41, 5.74) is 2.49. The SMILES string of the molecule is CNCCc1ccccc1C(=O)Nc1ccc(N2CCCC2)nc1.Cl. The molecule has 3 rings (SSSR count). The van der Waals surface area contributed by atoms with Crippen LogP contribution in [-0.4, -0.2) is 37.6 Å². The van der Waals surface area contributed by atoms with Crippen LogP contribution in [0.25, 0.3) is 0 Å². The molecule has 25 heavy (non-hydrogen) atoms. The molecule has 5 nitrogen and oxygen atoms in total. The van der Waals surface area contributed by atoms with Crippen molar-refractivity contribution in [2.75, 3.05) is 36.9 Å². The molecular formula is C19H25ClN4O. The number of amides is 1. The van der Waals surface area contributed by atoms with Crippen LogP contribution in [0.5, 0.6) is 0 Å². The highest BCUT2D eigenvalue weighted by molar-refractivity contribution is 6.05. The van der Waals surface area contributed by atoms with Crippen LogP contribution >= 0.6 is 12.4 Å². The van der Waals surface area contributed by atoms with Gasteiger partial charge in [0, 0.05) is 18.7 Å². The molecule has 134 valence electrons. The zero-order chi connectivity index (χ0) is 16.8. The van der Waals surface area contributed by atoms with E-state index >= 15 is 0 Å². The summed E-state index contributed by atoms with van der Waals surface area (Å²) in [5.74, 6) is 0.900. The Morgan fingerprint density at radius 1 is 1.16 bits per heavy atom. The van der Waals surface area contributed by atoms with Gasteiger partial charge in [0.1, 0.15) is 5.82 Å². The number of nitrogens with one attached hydrogen (secondary N) is 2. The third-order valence-electron chi connectivity index (χ3n) is 4.34. The van der Waals surface area contributed by atoms with E-state index in [4.69, 9.17) is 0 Å². The van der Waals surface area contributed by atoms with Gasteiger partial charge in [-0.25, -0.2) is 4.98 Å². The van der Waals surface area contributed by atoms with E-state index in [1.165, 1.54) is 12.8 Å². The molecule has 0 spiro atoms. The summed E-state index contributed by atoms with van der Waals surface area (Å²) in [4.78, 5) is 19.3. The lowest BCUT2D eigenvalue weighted by Crippen LogP contribution is -2.19. The lowest BCUT2D eigenvalue weighted by Gasteiger charge is -2.16. The Hall–Kier alpha value is -2.11. The number of benzene rings is 1. The van der Waals surface area contributed by atoms with Gasteiger partial charge >= 0.3 is 0 Å². The minimum atomic E-state index is -0.0857. The normalized spacial score (nSPS) is 13.4. The number of carbonyl (C=O) groups excluding carboxylic acids is 1. The Morgan fingerprint density at radius 2 is 1.92 bits per heavy atom. The quantitative estimate of drug-likeness (QED) is 0.831. The zero-order valence-electron chi connectivity index (χ0n) is 14.5. The Bertz CT molecular complexity index is 684. The number of halogens is 1. The van der Waals surface area contributed by atoms with E-state index in [-0.39, 0.29) is 18.3 Å². The van der Waals surface area contributed by atoms with E-state index in [0.29, 0.717) is 0 Å². The van der Waals surface area contributed by atoms with E-state index < -0.39 is 0 Å². The summed E-state index contributed by atoms with van der Waals surface area (Å²) in [6, 6.07) is 11.6. The Labute approximate surface area is 155 Å². The van der Waals surface area contributed by atoms with E-state index in [2.05, 4.69) is 20.5 Å². The second kappa shape index (κ2) is 9.39. The fourth-order valence-electron chi connectivity index (χ4n) is 3.01. The highest BCUT2D eigenvalue weighted by Crippen LogP contribution is 2.20. The van der Waals surface area contributed by atoms with Gasteiger partial charge in [-0.15, -0.1) is 12.4 Å². The van der Waals surface area contributed by atoms with Gasteiger partial charge in [0.05, 0.1) is 11.9 Å². The molecule has 0 saturated carbocycles. The van der Waals surface area contributed by atoms with Crippen molar-refractivity contribution in [2.24, 2.45) is 0 Å². The van der Waals surface area contributed by atoms with Crippen molar-refractivity contribution in [1.29, 1.82) is 0 Å². The molecule has 1 fully saturated rings. The average molecular weight is 361 g/mol. The summed E-state index contributed by atoms with van der Waals surface area (Å²) in [6.45, 7) is 2.98. The molecule has 0 aliphatic carbocycles. The van der Waals surface area contributed by atoms with Gasteiger partial charge in [0.15, 0.2) is 0 Å². The topological polar surface area (TPSA) is 57.3 Å². The average Bonchev–Trinajstić information content (AvgIpc) is 3.15. The van der Waals surface area contributed by atoms with Crippen LogP contribution in [0.4, 0.5) is 11.5 Å². The molecule has 1 aliphatic rings. The lowest BCUT2D eigenvalue weighted by atomic mass is 10.0. The highest BCUT2D eigenvalue weighted by atomic mass is 35.5. The van der Waals surface area contributed by atoms with Crippen molar-refractivity contribution in [1.82, 2.24) is 10.3 Å². The number of nitrogens with zero attached hydrogens (tertiary/aromatic N) is 2. The second-order valence-electron chi connectivity index (χ2n) is 6.06. The Morgan fingerprint density at radius 3 is 2.60 bits per heavy atom. The molecule has 0 radical (unpaired) electrons. The molecule has 2 aromatic rings. The number of carbonyl (C=O) groups is 1. The van der Waals surface area contributed by atoms with Crippen LogP contribution < -0.4 is 15.5 Å². The molecule has 2 heterocycles. The largest absolute Gasteiger partial charge is 0.357 e. The summed E-state index contributed by atoms with van der Waals surface area (Å²) >= 11 is 0. The van der Waals surface area contributed by atoms with Crippen molar-refractivity contribution in [3.05, 3.63) is 53.7 Å². The van der Waals surface area contributed by atoms with Gasteiger partial charge in [-0.3, -0.25) is 4.79 Å². The van der Waals surface area contributed by atoms with Crippen LogP contribution in [0.1, 0.15) is 28.8 Å². The summed E-state index contributed by atoms with van der Waals surface area (Å²) in [6.07, 6.45) is 5.02. The Balaban J connectivity index is 0.00000225. The van der Waals surface area contributed by atoms with E-state index in [1.54, 1.807) is 6.20 Å². The molecular weight excluding hydrogens is 336 g/mol. The van der Waals surface area contributed by atoms with Crippen LogP contribution in [-0.2, 0) is 6.42 Å². The van der Waals surface area contributed by atoms with E-state index in [0.717, 1.165) is 48.7 Å². The van der Waals surface area contributed by atoms with Crippen LogP contribution in [0.2, 0.25) is 0 Å². The van der Waals surface area contributed by atoms with Crippen molar-refractivity contribution in [3.63, 3.8) is 0 Å². The molecule has 1 aromatic carbocycles. The Kier molecular flexibility index (Phi) is 7.22. The van der Waals surface area contributed by atoms with Gasteiger partial charge in [-0.05, 0) is 56.6 Å². The minimum Gasteiger partial charge on any atom is -0.357 e. The number of pyridine rings is 1. The van der Waals surface area contributed by atoms with Gasteiger partial charge in [0.2, 0.25) is 0 Å². The predicted octanol–water partition coefficient (Wildman–Crippen LogP) is 3.12. The predicted molar refractivity (Wildman–Crippen MR) is 105 cm³/mol. The molecule has 1 amide bonds. The number of rotatable bonds is 6. The fourth-order valence-corrected chi connectivity index (χ4v) is 3.01. The maximum atomic E-state index is 12.6. The monoisotopic (exact) mass is 360 g/mol. The number of aromatic nitrogens is 1. The standard InChI is InChI=1S/C19H24N4O.ClH/c1-20-11-10-15-6-2-3-7-17(15)19(24)22-16-8-9-18(21-14-16)23-12-4-5-13-23;/h2-3,6-9,14,20H,4-5,10-13H2,1H3,(H,22,24);1H. The third kappa shape index (κ3) is 4.94.